The van der Waals surface area contributed by atoms with Crippen LogP contribution in [0, 0.1) is 5.82 Å². The first-order valence-corrected chi connectivity index (χ1v) is 4.42. The number of nitrogen functional groups attached to an aromatic ring is 1. The van der Waals surface area contributed by atoms with Gasteiger partial charge in [-0.3, -0.25) is 0 Å². The van der Waals surface area contributed by atoms with Gasteiger partial charge in [-0.1, -0.05) is 0 Å². The normalized spacial score (nSPS) is 11.5. The quantitative estimate of drug-likeness (QED) is 0.429. The Balaban J connectivity index is 3.08. The molecule has 3 N–H and O–H groups in total. The van der Waals surface area contributed by atoms with Crippen LogP contribution in [0.4, 0.5) is 10.1 Å². The zero-order valence-electron chi connectivity index (χ0n) is 8.70. The van der Waals surface area contributed by atoms with Crippen LogP contribution in [0.1, 0.15) is 10.4 Å². The Labute approximate surface area is 87.3 Å². The third-order valence-electron chi connectivity index (χ3n) is 2.15. The average molecular weight is 213 g/mol. The number of aliphatic hydroxyl groups is 1. The van der Waals surface area contributed by atoms with Gasteiger partial charge in [0.15, 0.2) is 6.73 Å². The monoisotopic (exact) mass is 213 g/mol. The van der Waals surface area contributed by atoms with Gasteiger partial charge in [0.25, 0.3) is 0 Å². The number of benzene rings is 1. The highest BCUT2D eigenvalue weighted by Crippen LogP contribution is 2.15. The van der Waals surface area contributed by atoms with Gasteiger partial charge in [0.1, 0.15) is 5.82 Å². The van der Waals surface area contributed by atoms with Crippen molar-refractivity contribution in [1.29, 1.82) is 0 Å². The third kappa shape index (κ3) is 2.31. The summed E-state index contributed by atoms with van der Waals surface area (Å²) < 4.78 is 12.8. The molecule has 0 aromatic heterocycles. The first kappa shape index (κ1) is 11.6. The number of hydrogen-bond acceptors (Lipinski definition) is 3. The molecule has 4 nitrogen and oxygen atoms in total. The molecule has 1 aromatic rings. The molecule has 0 aliphatic carbocycles. The Kier molecular flexibility index (Phi) is 3.06. The van der Waals surface area contributed by atoms with Crippen molar-refractivity contribution in [3.8, 4) is 0 Å². The fourth-order valence-electron chi connectivity index (χ4n) is 1.07. The van der Waals surface area contributed by atoms with Crippen LogP contribution >= 0.6 is 0 Å². The highest BCUT2D eigenvalue weighted by Gasteiger charge is 2.27. The highest BCUT2D eigenvalue weighted by molar-refractivity contribution is 5.89. The Morgan fingerprint density at radius 1 is 1.53 bits per heavy atom. The SMILES string of the molecule is C[N+](C)(CO)C(=O)c1ccc(N)c(F)c1. The maximum absolute atomic E-state index is 13.1. The maximum Gasteiger partial charge on any atom is 0.347 e. The first-order valence-electron chi connectivity index (χ1n) is 4.42. The molecule has 0 spiro atoms. The highest BCUT2D eigenvalue weighted by atomic mass is 19.1. The van der Waals surface area contributed by atoms with Gasteiger partial charge in [0, 0.05) is 0 Å². The summed E-state index contributed by atoms with van der Waals surface area (Å²) in [6, 6.07) is 3.85. The lowest BCUT2D eigenvalue weighted by atomic mass is 10.1. The summed E-state index contributed by atoms with van der Waals surface area (Å²) >= 11 is 0. The summed E-state index contributed by atoms with van der Waals surface area (Å²) in [5.41, 5.74) is 5.49. The fraction of sp³-hybridized carbons (Fsp3) is 0.300. The summed E-state index contributed by atoms with van der Waals surface area (Å²) in [6.07, 6.45) is 0. The molecule has 15 heavy (non-hydrogen) atoms. The van der Waals surface area contributed by atoms with Gasteiger partial charge in [-0.05, 0) is 18.2 Å². The molecule has 0 fully saturated rings. The van der Waals surface area contributed by atoms with Crippen LogP contribution in [0.5, 0.6) is 0 Å². The second-order valence-corrected chi connectivity index (χ2v) is 3.87. The lowest BCUT2D eigenvalue weighted by molar-refractivity contribution is -0.829. The maximum atomic E-state index is 13.1. The Bertz CT molecular complexity index is 391. The smallest absolute Gasteiger partial charge is 0.347 e. The van der Waals surface area contributed by atoms with Gasteiger partial charge in [0.05, 0.1) is 25.3 Å². The number of anilines is 1. The lowest BCUT2D eigenvalue weighted by Gasteiger charge is -2.23. The van der Waals surface area contributed by atoms with E-state index in [9.17, 15) is 9.18 Å². The van der Waals surface area contributed by atoms with Gasteiger partial charge >= 0.3 is 5.91 Å². The van der Waals surface area contributed by atoms with E-state index in [1.165, 1.54) is 26.2 Å². The van der Waals surface area contributed by atoms with Crippen molar-refractivity contribution in [3.63, 3.8) is 0 Å². The molecular formula is C10H14FN2O2+. The van der Waals surface area contributed by atoms with Crippen molar-refractivity contribution >= 4 is 11.6 Å². The number of carbonyl (C=O) groups is 1. The zero-order valence-corrected chi connectivity index (χ0v) is 8.70. The molecule has 0 aliphatic heterocycles. The summed E-state index contributed by atoms with van der Waals surface area (Å²) in [6.45, 7) is -0.342. The minimum Gasteiger partial charge on any atom is -0.396 e. The standard InChI is InChI=1S/C10H13FN2O2/c1-13(2,6-14)10(15)7-3-4-9(12)8(11)5-7/h3-5,14H,6H2,1-2H3,(H-,12,15)/p+1. The fourth-order valence-corrected chi connectivity index (χ4v) is 1.07. The molecule has 1 aromatic carbocycles. The topological polar surface area (TPSA) is 63.3 Å². The van der Waals surface area contributed by atoms with Crippen molar-refractivity contribution < 1.29 is 18.8 Å². The number of hydrogen-bond donors (Lipinski definition) is 2. The van der Waals surface area contributed by atoms with Crippen LogP contribution < -0.4 is 5.73 Å². The van der Waals surface area contributed by atoms with Crippen molar-refractivity contribution in [3.05, 3.63) is 29.6 Å². The predicted molar refractivity (Wildman–Crippen MR) is 54.3 cm³/mol. The van der Waals surface area contributed by atoms with E-state index in [0.717, 1.165) is 6.07 Å². The zero-order chi connectivity index (χ0) is 11.6. The molecule has 82 valence electrons. The molecule has 0 saturated heterocycles. The van der Waals surface area contributed by atoms with Crippen LogP contribution in [-0.2, 0) is 0 Å². The second-order valence-electron chi connectivity index (χ2n) is 3.87. The molecule has 1 amide bonds. The lowest BCUT2D eigenvalue weighted by Crippen LogP contribution is -2.46. The molecule has 0 saturated carbocycles. The summed E-state index contributed by atoms with van der Waals surface area (Å²) in [5.74, 6) is -0.991. The molecule has 5 heteroatoms. The van der Waals surface area contributed by atoms with Crippen molar-refractivity contribution in [2.45, 2.75) is 0 Å². The predicted octanol–water partition coefficient (Wildman–Crippen LogP) is 0.574. The molecular weight excluding hydrogens is 199 g/mol. The number of rotatable bonds is 2. The van der Waals surface area contributed by atoms with Crippen molar-refractivity contribution in [1.82, 2.24) is 0 Å². The largest absolute Gasteiger partial charge is 0.396 e. The van der Waals surface area contributed by atoms with Crippen molar-refractivity contribution in [2.24, 2.45) is 0 Å². The van der Waals surface area contributed by atoms with Crippen LogP contribution in [-0.4, -0.2) is 36.3 Å². The molecule has 0 bridgehead atoms. The van der Waals surface area contributed by atoms with E-state index in [-0.39, 0.29) is 28.4 Å². The molecule has 0 radical (unpaired) electrons. The van der Waals surface area contributed by atoms with Gasteiger partial charge in [-0.25, -0.2) is 13.7 Å². The second kappa shape index (κ2) is 3.96. The van der Waals surface area contributed by atoms with E-state index in [1.807, 2.05) is 0 Å². The van der Waals surface area contributed by atoms with Gasteiger partial charge < -0.3 is 10.8 Å². The number of nitrogens with two attached hydrogens (primary N) is 1. The Morgan fingerprint density at radius 3 is 2.60 bits per heavy atom. The van der Waals surface area contributed by atoms with E-state index in [4.69, 9.17) is 10.8 Å². The number of aliphatic hydroxyl groups excluding tert-OH is 1. The van der Waals surface area contributed by atoms with E-state index in [1.54, 1.807) is 0 Å². The van der Waals surface area contributed by atoms with E-state index in [2.05, 4.69) is 0 Å². The van der Waals surface area contributed by atoms with Crippen LogP contribution in [0.15, 0.2) is 18.2 Å². The third-order valence-corrected chi connectivity index (χ3v) is 2.15. The molecule has 0 unspecified atom stereocenters. The van der Waals surface area contributed by atoms with Gasteiger partial charge in [0.2, 0.25) is 0 Å². The Morgan fingerprint density at radius 2 is 2.13 bits per heavy atom. The summed E-state index contributed by atoms with van der Waals surface area (Å²) in [7, 11) is 3.08. The summed E-state index contributed by atoms with van der Waals surface area (Å²) in [5, 5.41) is 8.98. The minimum absolute atomic E-state index is 0.000791. The average Bonchev–Trinajstić information content (AvgIpc) is 2.21. The van der Waals surface area contributed by atoms with Gasteiger partial charge in [-0.2, -0.15) is 0 Å². The molecule has 0 atom stereocenters. The molecule has 0 heterocycles. The first-order chi connectivity index (χ1) is 6.88. The number of carbonyl (C=O) groups excluding carboxylic acids is 1. The van der Waals surface area contributed by atoms with Crippen LogP contribution in [0.2, 0.25) is 0 Å². The van der Waals surface area contributed by atoms with Crippen LogP contribution in [0.3, 0.4) is 0 Å². The number of quaternary nitrogens is 1. The number of halogens is 1. The minimum atomic E-state index is -0.626. The van der Waals surface area contributed by atoms with Crippen LogP contribution in [0.25, 0.3) is 0 Å². The number of amides is 1. The Hall–Kier alpha value is -1.46. The van der Waals surface area contributed by atoms with E-state index < -0.39 is 5.82 Å². The molecule has 1 rings (SSSR count). The van der Waals surface area contributed by atoms with E-state index >= 15 is 0 Å². The summed E-state index contributed by atoms with van der Waals surface area (Å²) in [4.78, 5) is 11.8. The van der Waals surface area contributed by atoms with E-state index in [0.29, 0.717) is 0 Å². The molecule has 0 aliphatic rings. The van der Waals surface area contributed by atoms with Gasteiger partial charge in [-0.15, -0.1) is 0 Å². The van der Waals surface area contributed by atoms with Crippen molar-refractivity contribution in [2.75, 3.05) is 26.6 Å². The number of nitrogens with zero attached hydrogens (tertiary/aromatic N) is 1.